The summed E-state index contributed by atoms with van der Waals surface area (Å²) in [5.74, 6) is 0.0120. The van der Waals surface area contributed by atoms with Gasteiger partial charge in [0.15, 0.2) is 0 Å². The number of carbonyl (C=O) groups excluding carboxylic acids is 2. The average molecular weight is 306 g/mol. The summed E-state index contributed by atoms with van der Waals surface area (Å²) >= 11 is 0. The topological polar surface area (TPSA) is 67.9 Å². The van der Waals surface area contributed by atoms with Crippen molar-refractivity contribution >= 4 is 23.4 Å². The largest absolute Gasteiger partial charge is 0.450 e. The fraction of sp³-hybridized carbons (Fsp3) is 0.500. The zero-order chi connectivity index (χ0) is 15.9. The van der Waals surface area contributed by atoms with Crippen LogP contribution in [0.3, 0.4) is 0 Å². The molecule has 0 aliphatic carbocycles. The number of hydrogen-bond donors (Lipinski definition) is 1. The monoisotopic (exact) mass is 306 g/mol. The van der Waals surface area contributed by atoms with Gasteiger partial charge in [-0.1, -0.05) is 0 Å². The van der Waals surface area contributed by atoms with Gasteiger partial charge >= 0.3 is 6.09 Å². The molecule has 0 radical (unpaired) electrons. The molecule has 22 heavy (non-hydrogen) atoms. The lowest BCUT2D eigenvalue weighted by molar-refractivity contribution is -0.117. The minimum Gasteiger partial charge on any atom is -0.450 e. The molecule has 6 nitrogen and oxygen atoms in total. The quantitative estimate of drug-likeness (QED) is 0.928. The second kappa shape index (κ2) is 7.79. The van der Waals surface area contributed by atoms with Crippen molar-refractivity contribution in [3.05, 3.63) is 24.3 Å². The first-order valence-corrected chi connectivity index (χ1v) is 7.53. The third-order valence-corrected chi connectivity index (χ3v) is 3.56. The molecule has 0 atom stereocenters. The van der Waals surface area contributed by atoms with Crippen LogP contribution in [0.15, 0.2) is 24.3 Å². The summed E-state index contributed by atoms with van der Waals surface area (Å²) < 4.78 is 10.2. The van der Waals surface area contributed by atoms with Crippen LogP contribution in [0.5, 0.6) is 0 Å². The maximum Gasteiger partial charge on any atom is 0.411 e. The van der Waals surface area contributed by atoms with Crippen LogP contribution in [0, 0.1) is 0 Å². The lowest BCUT2D eigenvalue weighted by atomic mass is 10.1. The second-order valence-electron chi connectivity index (χ2n) is 5.12. The molecule has 6 heteroatoms. The highest BCUT2D eigenvalue weighted by Crippen LogP contribution is 2.24. The van der Waals surface area contributed by atoms with Crippen molar-refractivity contribution in [2.45, 2.75) is 32.7 Å². The van der Waals surface area contributed by atoms with Crippen molar-refractivity contribution in [1.29, 1.82) is 0 Å². The van der Waals surface area contributed by atoms with E-state index in [-0.39, 0.29) is 11.9 Å². The fourth-order valence-electron chi connectivity index (χ4n) is 2.58. The molecule has 0 bridgehead atoms. The molecule has 120 valence electrons. The number of nitrogens with zero attached hydrogens (tertiary/aromatic N) is 1. The van der Waals surface area contributed by atoms with Gasteiger partial charge in [-0.05, 0) is 44.0 Å². The molecular formula is C16H22N2O4. The summed E-state index contributed by atoms with van der Waals surface area (Å²) in [6.07, 6.45) is 1.19. The van der Waals surface area contributed by atoms with Gasteiger partial charge in [-0.3, -0.25) is 10.1 Å². The standard InChI is InChI=1S/C16H22N2O4/c1-3-22-16(20)17-13-4-6-14(7-5-13)18(12(2)19)15-8-10-21-11-9-15/h4-7,15H,3,8-11H2,1-2H3,(H,17,20). The first-order valence-electron chi connectivity index (χ1n) is 7.53. The van der Waals surface area contributed by atoms with E-state index in [1.165, 1.54) is 0 Å². The number of amides is 2. The van der Waals surface area contributed by atoms with Gasteiger partial charge in [0, 0.05) is 37.6 Å². The molecule has 0 saturated carbocycles. The summed E-state index contributed by atoms with van der Waals surface area (Å²) in [5.41, 5.74) is 1.46. The van der Waals surface area contributed by atoms with Crippen LogP contribution in [-0.2, 0) is 14.3 Å². The molecule has 0 unspecified atom stereocenters. The number of benzene rings is 1. The summed E-state index contributed by atoms with van der Waals surface area (Å²) in [4.78, 5) is 25.2. The first kappa shape index (κ1) is 16.3. The van der Waals surface area contributed by atoms with Gasteiger partial charge in [-0.25, -0.2) is 4.79 Å². The van der Waals surface area contributed by atoms with Crippen molar-refractivity contribution in [1.82, 2.24) is 0 Å². The lowest BCUT2D eigenvalue weighted by Gasteiger charge is -2.33. The summed E-state index contributed by atoms with van der Waals surface area (Å²) in [7, 11) is 0. The molecular weight excluding hydrogens is 284 g/mol. The molecule has 1 saturated heterocycles. The summed E-state index contributed by atoms with van der Waals surface area (Å²) in [5, 5.41) is 2.63. The lowest BCUT2D eigenvalue weighted by Crippen LogP contribution is -2.42. The average Bonchev–Trinajstić information content (AvgIpc) is 2.50. The van der Waals surface area contributed by atoms with Crippen molar-refractivity contribution in [3.63, 3.8) is 0 Å². The van der Waals surface area contributed by atoms with Gasteiger partial charge in [0.05, 0.1) is 6.61 Å². The van der Waals surface area contributed by atoms with Crippen LogP contribution in [-0.4, -0.2) is 37.9 Å². The number of carbonyl (C=O) groups is 2. The Morgan fingerprint density at radius 1 is 1.27 bits per heavy atom. The van der Waals surface area contributed by atoms with E-state index in [0.717, 1.165) is 18.5 Å². The van der Waals surface area contributed by atoms with Crippen molar-refractivity contribution in [2.75, 3.05) is 30.0 Å². The normalized spacial score (nSPS) is 15.2. The number of nitrogens with one attached hydrogen (secondary N) is 1. The molecule has 1 aliphatic heterocycles. The van der Waals surface area contributed by atoms with Gasteiger partial charge in [-0.15, -0.1) is 0 Å². The Labute approximate surface area is 130 Å². The van der Waals surface area contributed by atoms with E-state index in [1.807, 2.05) is 12.1 Å². The van der Waals surface area contributed by atoms with Gasteiger partial charge < -0.3 is 14.4 Å². The Hall–Kier alpha value is -2.08. The highest BCUT2D eigenvalue weighted by Gasteiger charge is 2.24. The number of ether oxygens (including phenoxy) is 2. The zero-order valence-electron chi connectivity index (χ0n) is 13.0. The Bertz CT molecular complexity index is 509. The molecule has 1 aliphatic rings. The van der Waals surface area contributed by atoms with E-state index in [9.17, 15) is 9.59 Å². The van der Waals surface area contributed by atoms with E-state index in [4.69, 9.17) is 9.47 Å². The highest BCUT2D eigenvalue weighted by atomic mass is 16.5. The summed E-state index contributed by atoms with van der Waals surface area (Å²) in [6, 6.07) is 7.36. The maximum absolute atomic E-state index is 12.0. The minimum absolute atomic E-state index is 0.0120. The van der Waals surface area contributed by atoms with Crippen LogP contribution in [0.2, 0.25) is 0 Å². The molecule has 0 aromatic heterocycles. The van der Waals surface area contributed by atoms with Gasteiger partial charge in [0.1, 0.15) is 0 Å². The zero-order valence-corrected chi connectivity index (χ0v) is 13.0. The third kappa shape index (κ3) is 4.21. The van der Waals surface area contributed by atoms with E-state index in [0.29, 0.717) is 25.5 Å². The maximum atomic E-state index is 12.0. The van der Waals surface area contributed by atoms with Gasteiger partial charge in [-0.2, -0.15) is 0 Å². The van der Waals surface area contributed by atoms with Crippen molar-refractivity contribution in [3.8, 4) is 0 Å². The molecule has 1 heterocycles. The predicted molar refractivity (Wildman–Crippen MR) is 84.1 cm³/mol. The van der Waals surface area contributed by atoms with Crippen LogP contribution in [0.25, 0.3) is 0 Å². The molecule has 2 rings (SSSR count). The van der Waals surface area contributed by atoms with Gasteiger partial charge in [0.2, 0.25) is 5.91 Å². The van der Waals surface area contributed by atoms with E-state index in [2.05, 4.69) is 5.32 Å². The molecule has 1 aromatic carbocycles. The fourth-order valence-corrected chi connectivity index (χ4v) is 2.58. The Kier molecular flexibility index (Phi) is 5.77. The highest BCUT2D eigenvalue weighted by molar-refractivity contribution is 5.92. The molecule has 1 fully saturated rings. The molecule has 0 spiro atoms. The second-order valence-corrected chi connectivity index (χ2v) is 5.12. The van der Waals surface area contributed by atoms with Crippen LogP contribution in [0.4, 0.5) is 16.2 Å². The number of anilines is 2. The molecule has 1 N–H and O–H groups in total. The molecule has 2 amide bonds. The Balaban J connectivity index is 2.08. The Morgan fingerprint density at radius 3 is 2.45 bits per heavy atom. The van der Waals surface area contributed by atoms with Crippen molar-refractivity contribution in [2.24, 2.45) is 0 Å². The SMILES string of the molecule is CCOC(=O)Nc1ccc(N(C(C)=O)C2CCOCC2)cc1. The first-order chi connectivity index (χ1) is 10.6. The van der Waals surface area contributed by atoms with Gasteiger partial charge in [0.25, 0.3) is 0 Å². The van der Waals surface area contributed by atoms with Crippen LogP contribution >= 0.6 is 0 Å². The van der Waals surface area contributed by atoms with E-state index < -0.39 is 6.09 Å². The smallest absolute Gasteiger partial charge is 0.411 e. The van der Waals surface area contributed by atoms with Crippen LogP contribution < -0.4 is 10.2 Å². The third-order valence-electron chi connectivity index (χ3n) is 3.56. The minimum atomic E-state index is -0.483. The van der Waals surface area contributed by atoms with E-state index >= 15 is 0 Å². The Morgan fingerprint density at radius 2 is 1.91 bits per heavy atom. The van der Waals surface area contributed by atoms with Crippen molar-refractivity contribution < 1.29 is 19.1 Å². The predicted octanol–water partition coefficient (Wildman–Crippen LogP) is 2.79. The number of rotatable bonds is 4. The van der Waals surface area contributed by atoms with E-state index in [1.54, 1.807) is 30.9 Å². The number of hydrogen-bond acceptors (Lipinski definition) is 4. The van der Waals surface area contributed by atoms with Crippen LogP contribution in [0.1, 0.15) is 26.7 Å². The summed E-state index contributed by atoms with van der Waals surface area (Å²) in [6.45, 7) is 5.00. The molecule has 1 aromatic rings.